The maximum atomic E-state index is 12.3. The van der Waals surface area contributed by atoms with E-state index in [1.807, 2.05) is 38.1 Å². The van der Waals surface area contributed by atoms with Gasteiger partial charge in [0.15, 0.2) is 5.17 Å². The summed E-state index contributed by atoms with van der Waals surface area (Å²) in [5, 5.41) is 3.14. The average Bonchev–Trinajstić information content (AvgIpc) is 2.77. The van der Waals surface area contributed by atoms with Gasteiger partial charge in [0, 0.05) is 29.7 Å². The molecule has 22 heavy (non-hydrogen) atoms. The first-order valence-electron chi connectivity index (χ1n) is 7.13. The summed E-state index contributed by atoms with van der Waals surface area (Å²) >= 11 is 4.72. The molecule has 1 heterocycles. The highest BCUT2D eigenvalue weighted by Crippen LogP contribution is 2.29. The lowest BCUT2D eigenvalue weighted by Crippen LogP contribution is -2.33. The van der Waals surface area contributed by atoms with Gasteiger partial charge in [-0.2, -0.15) is 0 Å². The molecule has 0 radical (unpaired) electrons. The van der Waals surface area contributed by atoms with Gasteiger partial charge < -0.3 is 5.32 Å². The Morgan fingerprint density at radius 2 is 2.05 bits per heavy atom. The molecule has 1 aliphatic rings. The molecule has 7 heteroatoms. The number of nitrogens with one attached hydrogen (secondary N) is 1. The topological polar surface area (TPSA) is 61.8 Å². The largest absolute Gasteiger partial charge is 0.326 e. The standard InChI is InChI=1S/C15H18BrN3O2S/c1-3-17-15-19(4-2)14(21)12(22-15)9-13(20)18-11-7-5-10(16)6-8-11/h5-8,12H,3-4,9H2,1-2H3,(H,18,20)/t12-/m0/s1. The molecule has 0 spiro atoms. The van der Waals surface area contributed by atoms with Gasteiger partial charge in [-0.15, -0.1) is 0 Å². The first-order valence-corrected chi connectivity index (χ1v) is 8.80. The zero-order chi connectivity index (χ0) is 16.1. The van der Waals surface area contributed by atoms with Crippen LogP contribution in [-0.4, -0.2) is 40.2 Å². The molecule has 1 atom stereocenters. The van der Waals surface area contributed by atoms with E-state index in [-0.39, 0.29) is 23.5 Å². The van der Waals surface area contributed by atoms with Crippen molar-refractivity contribution in [2.45, 2.75) is 25.5 Å². The van der Waals surface area contributed by atoms with Gasteiger partial charge in [-0.1, -0.05) is 27.7 Å². The number of carbonyl (C=O) groups excluding carboxylic acids is 2. The molecule has 1 saturated heterocycles. The van der Waals surface area contributed by atoms with Crippen LogP contribution in [0.2, 0.25) is 0 Å². The molecule has 0 saturated carbocycles. The van der Waals surface area contributed by atoms with E-state index in [4.69, 9.17) is 0 Å². The number of rotatable bonds is 5. The number of hydrogen-bond donors (Lipinski definition) is 1. The molecule has 0 aliphatic carbocycles. The number of aliphatic imine (C=N–C) groups is 1. The van der Waals surface area contributed by atoms with Crippen molar-refractivity contribution in [3.8, 4) is 0 Å². The number of hydrogen-bond acceptors (Lipinski definition) is 4. The minimum absolute atomic E-state index is 0.0364. The van der Waals surface area contributed by atoms with Gasteiger partial charge in [-0.25, -0.2) is 0 Å². The van der Waals surface area contributed by atoms with Crippen LogP contribution in [0.25, 0.3) is 0 Å². The SMILES string of the molecule is CCN=C1S[C@@H](CC(=O)Nc2ccc(Br)cc2)C(=O)N1CC. The molecule has 1 aromatic carbocycles. The Morgan fingerprint density at radius 3 is 2.64 bits per heavy atom. The van der Waals surface area contributed by atoms with Crippen molar-refractivity contribution in [2.24, 2.45) is 4.99 Å². The molecule has 1 aliphatic heterocycles. The summed E-state index contributed by atoms with van der Waals surface area (Å²) in [5.74, 6) is -0.201. The van der Waals surface area contributed by atoms with Crippen LogP contribution >= 0.6 is 27.7 Å². The third kappa shape index (κ3) is 4.10. The second-order valence-electron chi connectivity index (χ2n) is 4.71. The van der Waals surface area contributed by atoms with Crippen LogP contribution in [0, 0.1) is 0 Å². The van der Waals surface area contributed by atoms with Crippen molar-refractivity contribution in [3.63, 3.8) is 0 Å². The maximum absolute atomic E-state index is 12.3. The highest BCUT2D eigenvalue weighted by Gasteiger charge is 2.37. The molecule has 0 bridgehead atoms. The van der Waals surface area contributed by atoms with Gasteiger partial charge in [0.1, 0.15) is 5.25 Å². The lowest BCUT2D eigenvalue weighted by molar-refractivity contribution is -0.128. The molecule has 118 valence electrons. The minimum atomic E-state index is -0.388. The summed E-state index contributed by atoms with van der Waals surface area (Å²) in [6.07, 6.45) is 0.152. The van der Waals surface area contributed by atoms with E-state index in [0.717, 1.165) is 15.3 Å². The first kappa shape index (κ1) is 17.0. The van der Waals surface area contributed by atoms with Gasteiger partial charge >= 0.3 is 0 Å². The Balaban J connectivity index is 1.98. The van der Waals surface area contributed by atoms with Crippen LogP contribution in [0.5, 0.6) is 0 Å². The minimum Gasteiger partial charge on any atom is -0.326 e. The highest BCUT2D eigenvalue weighted by atomic mass is 79.9. The highest BCUT2D eigenvalue weighted by molar-refractivity contribution is 9.10. The van der Waals surface area contributed by atoms with Gasteiger partial charge in [0.05, 0.1) is 0 Å². The van der Waals surface area contributed by atoms with Crippen LogP contribution < -0.4 is 5.32 Å². The van der Waals surface area contributed by atoms with E-state index in [1.54, 1.807) is 4.90 Å². The number of nitrogens with zero attached hydrogens (tertiary/aromatic N) is 2. The molecular formula is C15H18BrN3O2S. The summed E-state index contributed by atoms with van der Waals surface area (Å²) in [7, 11) is 0. The van der Waals surface area contributed by atoms with Crippen LogP contribution in [0.4, 0.5) is 5.69 Å². The van der Waals surface area contributed by atoms with Crippen molar-refractivity contribution in [2.75, 3.05) is 18.4 Å². The first-order chi connectivity index (χ1) is 10.5. The second-order valence-corrected chi connectivity index (χ2v) is 6.79. The predicted octanol–water partition coefficient (Wildman–Crippen LogP) is 3.12. The molecule has 5 nitrogen and oxygen atoms in total. The van der Waals surface area contributed by atoms with Crippen molar-refractivity contribution in [3.05, 3.63) is 28.7 Å². The third-order valence-electron chi connectivity index (χ3n) is 3.13. The lowest BCUT2D eigenvalue weighted by atomic mass is 10.2. The van der Waals surface area contributed by atoms with Crippen molar-refractivity contribution < 1.29 is 9.59 Å². The fraction of sp³-hybridized carbons (Fsp3) is 0.400. The van der Waals surface area contributed by atoms with Crippen LogP contribution in [0.3, 0.4) is 0 Å². The van der Waals surface area contributed by atoms with Crippen LogP contribution in [0.15, 0.2) is 33.7 Å². The van der Waals surface area contributed by atoms with E-state index in [1.165, 1.54) is 11.8 Å². The number of amidine groups is 1. The Labute approximate surface area is 142 Å². The summed E-state index contributed by atoms with van der Waals surface area (Å²) in [6, 6.07) is 7.34. The maximum Gasteiger partial charge on any atom is 0.242 e. The number of halogens is 1. The zero-order valence-electron chi connectivity index (χ0n) is 12.5. The summed E-state index contributed by atoms with van der Waals surface area (Å²) in [5.41, 5.74) is 0.721. The summed E-state index contributed by atoms with van der Waals surface area (Å²) in [6.45, 7) is 5.05. The Kier molecular flexibility index (Phi) is 6.02. The van der Waals surface area contributed by atoms with Crippen LogP contribution in [-0.2, 0) is 9.59 Å². The number of carbonyl (C=O) groups is 2. The quantitative estimate of drug-likeness (QED) is 0.849. The molecule has 2 amide bonds. The summed E-state index contributed by atoms with van der Waals surface area (Å²) in [4.78, 5) is 30.4. The Morgan fingerprint density at radius 1 is 1.36 bits per heavy atom. The van der Waals surface area contributed by atoms with E-state index in [0.29, 0.717) is 13.1 Å². The van der Waals surface area contributed by atoms with E-state index in [9.17, 15) is 9.59 Å². The van der Waals surface area contributed by atoms with Crippen molar-refractivity contribution in [1.82, 2.24) is 4.90 Å². The van der Waals surface area contributed by atoms with Gasteiger partial charge in [-0.05, 0) is 38.1 Å². The van der Waals surface area contributed by atoms with E-state index >= 15 is 0 Å². The van der Waals surface area contributed by atoms with Crippen LogP contribution in [0.1, 0.15) is 20.3 Å². The fourth-order valence-corrected chi connectivity index (χ4v) is 3.63. The zero-order valence-corrected chi connectivity index (χ0v) is 14.9. The van der Waals surface area contributed by atoms with E-state index in [2.05, 4.69) is 26.2 Å². The molecule has 1 N–H and O–H groups in total. The molecule has 1 fully saturated rings. The van der Waals surface area contributed by atoms with Crippen molar-refractivity contribution >= 4 is 50.4 Å². The Bertz CT molecular complexity index is 589. The number of amides is 2. The second kappa shape index (κ2) is 7.78. The molecule has 0 aromatic heterocycles. The lowest BCUT2D eigenvalue weighted by Gasteiger charge is -2.13. The number of thioether (sulfide) groups is 1. The smallest absolute Gasteiger partial charge is 0.242 e. The monoisotopic (exact) mass is 383 g/mol. The third-order valence-corrected chi connectivity index (χ3v) is 4.87. The molecule has 2 rings (SSSR count). The molecule has 0 unspecified atom stereocenters. The Hall–Kier alpha value is -1.34. The van der Waals surface area contributed by atoms with Crippen molar-refractivity contribution in [1.29, 1.82) is 0 Å². The predicted molar refractivity (Wildman–Crippen MR) is 94.1 cm³/mol. The van der Waals surface area contributed by atoms with Gasteiger partial charge in [-0.3, -0.25) is 19.5 Å². The number of benzene rings is 1. The van der Waals surface area contributed by atoms with Gasteiger partial charge in [0.25, 0.3) is 0 Å². The summed E-state index contributed by atoms with van der Waals surface area (Å²) < 4.78 is 0.950. The molecule has 1 aromatic rings. The average molecular weight is 384 g/mol. The number of anilines is 1. The van der Waals surface area contributed by atoms with E-state index < -0.39 is 0 Å². The molecular weight excluding hydrogens is 366 g/mol. The normalized spacial score (nSPS) is 19.8. The fourth-order valence-electron chi connectivity index (χ4n) is 2.10. The van der Waals surface area contributed by atoms with Gasteiger partial charge in [0.2, 0.25) is 11.8 Å².